The molecule has 1 aliphatic heterocycles. The van der Waals surface area contributed by atoms with Crippen molar-refractivity contribution < 1.29 is 0 Å². The Labute approximate surface area is 149 Å². The zero-order valence-electron chi connectivity index (χ0n) is 15.0. The van der Waals surface area contributed by atoms with Gasteiger partial charge in [0.15, 0.2) is 0 Å². The van der Waals surface area contributed by atoms with Crippen molar-refractivity contribution in [3.63, 3.8) is 0 Å². The standard InChI is InChI=1S/C21H26N4/c1-16-10-13-25(14-17-6-4-3-5-7-17)15-20(16)24(2)19-9-12-23-21-18(19)8-11-22-21/h3-9,11-12,16,20H,10,13-15H2,1-2H3,(H,22,23)/t16-,20+/m1/s1. The minimum absolute atomic E-state index is 0.512. The molecular weight excluding hydrogens is 308 g/mol. The quantitative estimate of drug-likeness (QED) is 0.786. The molecule has 1 saturated heterocycles. The van der Waals surface area contributed by atoms with Crippen molar-refractivity contribution in [3.8, 4) is 0 Å². The SMILES string of the molecule is C[C@@H]1CCN(Cc2ccccc2)C[C@@H]1N(C)c1ccnc2[nH]ccc12. The van der Waals surface area contributed by atoms with Crippen LogP contribution >= 0.6 is 0 Å². The summed E-state index contributed by atoms with van der Waals surface area (Å²) in [6, 6.07) is 15.6. The summed E-state index contributed by atoms with van der Waals surface area (Å²) in [6.07, 6.45) is 5.12. The van der Waals surface area contributed by atoms with Crippen LogP contribution in [0.15, 0.2) is 54.9 Å². The number of nitrogens with one attached hydrogen (secondary N) is 1. The molecular formula is C21H26N4. The summed E-state index contributed by atoms with van der Waals surface area (Å²) < 4.78 is 0. The predicted molar refractivity (Wildman–Crippen MR) is 104 cm³/mol. The fourth-order valence-corrected chi connectivity index (χ4v) is 4.04. The largest absolute Gasteiger partial charge is 0.369 e. The first-order valence-corrected chi connectivity index (χ1v) is 9.13. The predicted octanol–water partition coefficient (Wildman–Crippen LogP) is 3.91. The Morgan fingerprint density at radius 2 is 2.04 bits per heavy atom. The molecule has 0 radical (unpaired) electrons. The molecule has 0 bridgehead atoms. The van der Waals surface area contributed by atoms with Gasteiger partial charge in [0.2, 0.25) is 0 Å². The molecule has 4 rings (SSSR count). The summed E-state index contributed by atoms with van der Waals surface area (Å²) in [5, 5.41) is 1.21. The molecule has 1 aliphatic rings. The van der Waals surface area contributed by atoms with Crippen LogP contribution in [0, 0.1) is 5.92 Å². The molecule has 0 aliphatic carbocycles. The van der Waals surface area contributed by atoms with E-state index < -0.39 is 0 Å². The molecule has 0 unspecified atom stereocenters. The Morgan fingerprint density at radius 3 is 2.88 bits per heavy atom. The van der Waals surface area contributed by atoms with Gasteiger partial charge in [0, 0.05) is 49.6 Å². The number of anilines is 1. The minimum atomic E-state index is 0.512. The van der Waals surface area contributed by atoms with Gasteiger partial charge < -0.3 is 9.88 Å². The van der Waals surface area contributed by atoms with Crippen LogP contribution in [0.4, 0.5) is 5.69 Å². The third-order valence-corrected chi connectivity index (χ3v) is 5.57. The van der Waals surface area contributed by atoms with Gasteiger partial charge >= 0.3 is 0 Å². The van der Waals surface area contributed by atoms with E-state index in [2.05, 4.69) is 76.2 Å². The number of likely N-dealkylation sites (tertiary alicyclic amines) is 1. The summed E-state index contributed by atoms with van der Waals surface area (Å²) in [7, 11) is 2.23. The molecule has 4 heteroatoms. The number of aromatic amines is 1. The van der Waals surface area contributed by atoms with Crippen LogP contribution < -0.4 is 4.90 Å². The van der Waals surface area contributed by atoms with Gasteiger partial charge in [-0.2, -0.15) is 0 Å². The number of benzene rings is 1. The number of likely N-dealkylation sites (N-methyl/N-ethyl adjacent to an activating group) is 1. The van der Waals surface area contributed by atoms with Crippen molar-refractivity contribution in [1.29, 1.82) is 0 Å². The number of H-pyrrole nitrogens is 1. The first-order chi connectivity index (χ1) is 12.2. The molecule has 0 saturated carbocycles. The maximum atomic E-state index is 4.43. The van der Waals surface area contributed by atoms with E-state index in [4.69, 9.17) is 0 Å². The van der Waals surface area contributed by atoms with Crippen molar-refractivity contribution in [3.05, 3.63) is 60.4 Å². The average molecular weight is 334 g/mol. The molecule has 130 valence electrons. The van der Waals surface area contributed by atoms with Gasteiger partial charge in [-0.05, 0) is 36.6 Å². The number of piperidine rings is 1. The van der Waals surface area contributed by atoms with Gasteiger partial charge in [-0.3, -0.25) is 4.90 Å². The monoisotopic (exact) mass is 334 g/mol. The summed E-state index contributed by atoms with van der Waals surface area (Å²) in [5.41, 5.74) is 3.63. The number of hydrogen-bond acceptors (Lipinski definition) is 3. The van der Waals surface area contributed by atoms with Crippen molar-refractivity contribution in [2.24, 2.45) is 5.92 Å². The number of rotatable bonds is 4. The number of aromatic nitrogens is 2. The zero-order valence-corrected chi connectivity index (χ0v) is 15.0. The molecule has 0 amide bonds. The highest BCUT2D eigenvalue weighted by atomic mass is 15.2. The second-order valence-corrected chi connectivity index (χ2v) is 7.23. The molecule has 2 atom stereocenters. The number of hydrogen-bond donors (Lipinski definition) is 1. The third-order valence-electron chi connectivity index (χ3n) is 5.57. The van der Waals surface area contributed by atoms with E-state index >= 15 is 0 Å². The molecule has 4 nitrogen and oxygen atoms in total. The topological polar surface area (TPSA) is 35.2 Å². The van der Waals surface area contributed by atoms with Crippen LogP contribution in [-0.4, -0.2) is 41.0 Å². The molecule has 25 heavy (non-hydrogen) atoms. The smallest absolute Gasteiger partial charge is 0.139 e. The molecule has 1 aromatic carbocycles. The van der Waals surface area contributed by atoms with Gasteiger partial charge in [-0.1, -0.05) is 37.3 Å². The van der Waals surface area contributed by atoms with Gasteiger partial charge in [-0.25, -0.2) is 4.98 Å². The Morgan fingerprint density at radius 1 is 1.20 bits per heavy atom. The second kappa shape index (κ2) is 6.89. The molecule has 2 aromatic heterocycles. The number of fused-ring (bicyclic) bond motifs is 1. The summed E-state index contributed by atoms with van der Waals surface area (Å²) in [6.45, 7) is 5.70. The van der Waals surface area contributed by atoms with Gasteiger partial charge in [0.1, 0.15) is 5.65 Å². The lowest BCUT2D eigenvalue weighted by atomic mass is 9.91. The zero-order chi connectivity index (χ0) is 17.2. The van der Waals surface area contributed by atoms with Crippen molar-refractivity contribution in [1.82, 2.24) is 14.9 Å². The second-order valence-electron chi connectivity index (χ2n) is 7.23. The summed E-state index contributed by atoms with van der Waals surface area (Å²) in [5.74, 6) is 0.680. The average Bonchev–Trinajstić information content (AvgIpc) is 3.12. The van der Waals surface area contributed by atoms with E-state index in [-0.39, 0.29) is 0 Å². The normalized spacial score (nSPS) is 21.5. The van der Waals surface area contributed by atoms with Crippen LogP contribution in [0.25, 0.3) is 11.0 Å². The Hall–Kier alpha value is -2.33. The first-order valence-electron chi connectivity index (χ1n) is 9.13. The fourth-order valence-electron chi connectivity index (χ4n) is 4.04. The van der Waals surface area contributed by atoms with Crippen LogP contribution in [0.5, 0.6) is 0 Å². The van der Waals surface area contributed by atoms with E-state index in [9.17, 15) is 0 Å². The lowest BCUT2D eigenvalue weighted by Crippen LogP contribution is -2.50. The minimum Gasteiger partial charge on any atom is -0.369 e. The van der Waals surface area contributed by atoms with Crippen LogP contribution in [-0.2, 0) is 6.54 Å². The Bertz CT molecular complexity index is 826. The highest BCUT2D eigenvalue weighted by Gasteiger charge is 2.30. The Balaban J connectivity index is 1.54. The molecule has 3 aromatic rings. The van der Waals surface area contributed by atoms with Gasteiger partial charge in [0.05, 0.1) is 0 Å². The maximum absolute atomic E-state index is 4.43. The van der Waals surface area contributed by atoms with Crippen LogP contribution in [0.2, 0.25) is 0 Å². The van der Waals surface area contributed by atoms with Crippen LogP contribution in [0.1, 0.15) is 18.9 Å². The first kappa shape index (κ1) is 16.2. The van der Waals surface area contributed by atoms with Crippen molar-refractivity contribution >= 4 is 16.7 Å². The molecule has 1 N–H and O–H groups in total. The van der Waals surface area contributed by atoms with E-state index in [1.54, 1.807) is 0 Å². The van der Waals surface area contributed by atoms with E-state index in [1.165, 1.54) is 29.6 Å². The lowest BCUT2D eigenvalue weighted by Gasteiger charge is -2.42. The third kappa shape index (κ3) is 3.27. The maximum Gasteiger partial charge on any atom is 0.139 e. The van der Waals surface area contributed by atoms with E-state index in [1.807, 2.05) is 12.4 Å². The highest BCUT2D eigenvalue weighted by molar-refractivity contribution is 5.89. The highest BCUT2D eigenvalue weighted by Crippen LogP contribution is 2.30. The molecule has 1 fully saturated rings. The lowest BCUT2D eigenvalue weighted by molar-refractivity contribution is 0.159. The van der Waals surface area contributed by atoms with Crippen molar-refractivity contribution in [2.75, 3.05) is 25.0 Å². The molecule has 0 spiro atoms. The summed E-state index contributed by atoms with van der Waals surface area (Å²) in [4.78, 5) is 12.7. The summed E-state index contributed by atoms with van der Waals surface area (Å²) >= 11 is 0. The van der Waals surface area contributed by atoms with Crippen LogP contribution in [0.3, 0.4) is 0 Å². The number of pyridine rings is 1. The van der Waals surface area contributed by atoms with Gasteiger partial charge in [0.25, 0.3) is 0 Å². The molecule has 3 heterocycles. The number of nitrogens with zero attached hydrogens (tertiary/aromatic N) is 3. The Kier molecular flexibility index (Phi) is 4.45. The van der Waals surface area contributed by atoms with E-state index in [0.717, 1.165) is 18.7 Å². The van der Waals surface area contributed by atoms with Crippen molar-refractivity contribution in [2.45, 2.75) is 25.9 Å². The fraction of sp³-hybridized carbons (Fsp3) is 0.381. The van der Waals surface area contributed by atoms with Gasteiger partial charge in [-0.15, -0.1) is 0 Å². The van der Waals surface area contributed by atoms with E-state index in [0.29, 0.717) is 12.0 Å².